The van der Waals surface area contributed by atoms with Gasteiger partial charge in [-0.3, -0.25) is 0 Å². The second kappa shape index (κ2) is 23.4. The fourth-order valence-corrected chi connectivity index (χ4v) is 23.8. The van der Waals surface area contributed by atoms with E-state index in [4.69, 9.17) is 26.5 Å². The predicted molar refractivity (Wildman–Crippen MR) is 534 cm³/mol. The SMILES string of the molecule is CC(C)(C)c1ccc(-c2cc3c4ccc5c6ccccc6oc5c4n4c3c(c2)c2ccc3c5cc(-c6cccc7oc8c(ccc9c%10cc(-c%11ccc(C#N)cc%11)cc%11c%12ccc%13c%14cc(-c%15cccc%16oc%17c(ccc%18c%19cc(-n%20c%21ccccc%21c%21ccccc%21%20)cc%20c%21ccc%22c%23ccccc%23oc%22c%21n(c%20%19)c%18%17)c%15%16)ccc%14oc%13c%12n(c%11%10)c98)c67)ccc5oc3c24)cc1. The van der Waals surface area contributed by atoms with Gasteiger partial charge < -0.3 is 44.3 Å². The van der Waals surface area contributed by atoms with Crippen molar-refractivity contribution in [2.75, 3.05) is 0 Å². The van der Waals surface area contributed by atoms with Crippen molar-refractivity contribution in [1.29, 1.82) is 5.26 Å². The van der Waals surface area contributed by atoms with E-state index in [2.05, 4.69) is 354 Å². The van der Waals surface area contributed by atoms with Gasteiger partial charge in [-0.05, 0) is 201 Å². The molecule has 0 amide bonds. The summed E-state index contributed by atoms with van der Waals surface area (Å²) in [7, 11) is 0. The van der Waals surface area contributed by atoms with Crippen molar-refractivity contribution < 1.29 is 26.5 Å². The molecule has 0 aliphatic rings. The number of nitrogens with zero attached hydrogens (tertiary/aromatic N) is 5. The molecule has 0 aliphatic heterocycles. The molecule has 32 aromatic rings. The van der Waals surface area contributed by atoms with Gasteiger partial charge in [0.25, 0.3) is 0 Å². The molecule has 0 saturated carbocycles. The van der Waals surface area contributed by atoms with Gasteiger partial charge in [0.1, 0.15) is 33.5 Å². The third-order valence-corrected chi connectivity index (χ3v) is 29.5. The Labute approximate surface area is 733 Å². The molecular formula is C119H63N5O6. The lowest BCUT2D eigenvalue weighted by Crippen LogP contribution is -2.10. The van der Waals surface area contributed by atoms with E-state index in [-0.39, 0.29) is 5.41 Å². The van der Waals surface area contributed by atoms with E-state index >= 15 is 0 Å². The molecule has 0 N–H and O–H groups in total. The molecule has 13 aromatic heterocycles. The highest BCUT2D eigenvalue weighted by atomic mass is 16.4. The Hall–Kier alpha value is -17.3. The first-order chi connectivity index (χ1) is 64.0. The number of hydrogen-bond donors (Lipinski definition) is 0. The monoisotopic (exact) mass is 1660 g/mol. The lowest BCUT2D eigenvalue weighted by atomic mass is 9.86. The van der Waals surface area contributed by atoms with Gasteiger partial charge in [-0.25, -0.2) is 0 Å². The summed E-state index contributed by atoms with van der Waals surface area (Å²) in [6.45, 7) is 6.81. The van der Waals surface area contributed by atoms with E-state index in [9.17, 15) is 5.26 Å². The molecular weight excluding hydrogens is 1600 g/mol. The molecule has 0 unspecified atom stereocenters. The number of fused-ring (bicyclic) bond motifs is 45. The average molecular weight is 1660 g/mol. The van der Waals surface area contributed by atoms with E-state index < -0.39 is 0 Å². The molecule has 13 heterocycles. The topological polar surface area (TPSA) is 121 Å². The highest BCUT2D eigenvalue weighted by Gasteiger charge is 2.33. The number of aromatic nitrogens is 4. The lowest BCUT2D eigenvalue weighted by Gasteiger charge is -2.19. The van der Waals surface area contributed by atoms with E-state index in [1.165, 1.54) is 27.3 Å². The predicted octanol–water partition coefficient (Wildman–Crippen LogP) is 33.5. The third-order valence-electron chi connectivity index (χ3n) is 29.5. The van der Waals surface area contributed by atoms with Crippen molar-refractivity contribution >= 4 is 268 Å². The van der Waals surface area contributed by atoms with Crippen LogP contribution in [0.3, 0.4) is 0 Å². The standard InChI is InChI=1S/C119H63N5O6/c1-119(2,3)66-34-30-61(31-35-66)65-54-89-74-36-42-80-72-16-6-10-22-96(72)125-113(80)107(74)122-104(89)90(55-65)75-38-44-82-86-50-62(32-48-98(86)127-115(82)108(75)122)68-18-12-24-100-102(68)84-46-40-77-91-53-64(60-28-26-59(58-120)27-29-60)52-88-76-39-45-83-87-51-63(33-49-99(87)128-116(83)109(76)123(105(88)91)111(77)117(84)129-100)69-19-13-25-101-103(69)85-47-41-79-93-57-67(121-94-20-8-4-14-70(94)71-15-5-9-21-95(71)121)56-92-78-37-43-81-73-17-7-11-23-97(73)126-114(81)110(78)124(106(92)93)112(79)118(85)130-101/h4-57H,1-3H3. The van der Waals surface area contributed by atoms with Crippen LogP contribution >= 0.6 is 0 Å². The summed E-state index contributed by atoms with van der Waals surface area (Å²) in [5, 5.41) is 38.2. The molecule has 0 radical (unpaired) electrons. The Balaban J connectivity index is 0.584. The van der Waals surface area contributed by atoms with Gasteiger partial charge in [-0.2, -0.15) is 5.26 Å². The molecule has 600 valence electrons. The minimum absolute atomic E-state index is 0.0258. The number of benzene rings is 19. The summed E-state index contributed by atoms with van der Waals surface area (Å²) < 4.78 is 53.4. The maximum absolute atomic E-state index is 10.0. The second-order valence-electron chi connectivity index (χ2n) is 37.0. The Morgan fingerprint density at radius 1 is 0.223 bits per heavy atom. The van der Waals surface area contributed by atoms with Crippen molar-refractivity contribution in [2.45, 2.75) is 26.2 Å². The smallest absolute Gasteiger partial charge is 0.160 e. The van der Waals surface area contributed by atoms with Crippen LogP contribution in [0.1, 0.15) is 31.9 Å². The first-order valence-electron chi connectivity index (χ1n) is 44.5. The quantitative estimate of drug-likeness (QED) is 0.168. The minimum Gasteiger partial charge on any atom is -0.454 e. The van der Waals surface area contributed by atoms with Crippen molar-refractivity contribution in [1.82, 2.24) is 17.8 Å². The molecule has 130 heavy (non-hydrogen) atoms. The normalized spacial score (nSPS) is 13.0. The van der Waals surface area contributed by atoms with E-state index in [1.54, 1.807) is 0 Å². The maximum Gasteiger partial charge on any atom is 0.160 e. The fraction of sp³-hybridized carbons (Fsp3) is 0.0336. The van der Waals surface area contributed by atoms with Crippen LogP contribution in [0.15, 0.2) is 354 Å². The van der Waals surface area contributed by atoms with Crippen molar-refractivity contribution in [3.05, 3.63) is 339 Å². The largest absolute Gasteiger partial charge is 0.454 e. The second-order valence-corrected chi connectivity index (χ2v) is 37.0. The van der Waals surface area contributed by atoms with Crippen molar-refractivity contribution in [2.24, 2.45) is 0 Å². The average Bonchev–Trinajstić information content (AvgIpc) is 1.52. The molecule has 11 heteroatoms. The van der Waals surface area contributed by atoms with Gasteiger partial charge in [0, 0.05) is 146 Å². The van der Waals surface area contributed by atoms with Gasteiger partial charge in [-0.15, -0.1) is 0 Å². The molecule has 19 aromatic carbocycles. The van der Waals surface area contributed by atoms with Crippen LogP contribution in [0, 0.1) is 11.3 Å². The minimum atomic E-state index is 0.0258. The van der Waals surface area contributed by atoms with Crippen molar-refractivity contribution in [3.8, 4) is 56.3 Å². The molecule has 0 aliphatic carbocycles. The van der Waals surface area contributed by atoms with E-state index in [1.807, 2.05) is 18.2 Å². The first-order valence-corrected chi connectivity index (χ1v) is 44.5. The summed E-state index contributed by atoms with van der Waals surface area (Å²) in [5.74, 6) is 0. The molecule has 0 bridgehead atoms. The number of nitriles is 1. The highest BCUT2D eigenvalue weighted by molar-refractivity contribution is 6.37. The highest BCUT2D eigenvalue weighted by Crippen LogP contribution is 2.55. The summed E-state index contributed by atoms with van der Waals surface area (Å²) in [6.07, 6.45) is 0. The van der Waals surface area contributed by atoms with E-state index in [0.717, 1.165) is 296 Å². The Morgan fingerprint density at radius 2 is 0.523 bits per heavy atom. The van der Waals surface area contributed by atoms with Crippen LogP contribution < -0.4 is 0 Å². The molecule has 11 nitrogen and oxygen atoms in total. The molecule has 0 atom stereocenters. The van der Waals surface area contributed by atoms with Crippen LogP contribution in [0.4, 0.5) is 0 Å². The lowest BCUT2D eigenvalue weighted by molar-refractivity contribution is 0.590. The van der Waals surface area contributed by atoms with Crippen LogP contribution in [0.5, 0.6) is 0 Å². The Kier molecular flexibility index (Phi) is 12.3. The van der Waals surface area contributed by atoms with Gasteiger partial charge in [0.05, 0.1) is 72.3 Å². The van der Waals surface area contributed by atoms with Crippen LogP contribution in [-0.2, 0) is 5.41 Å². The molecule has 0 spiro atoms. The Bertz CT molecular complexity index is 10900. The number of hydrogen-bond acceptors (Lipinski definition) is 7. The molecule has 32 rings (SSSR count). The fourth-order valence-electron chi connectivity index (χ4n) is 23.8. The number of furan rings is 6. The summed E-state index contributed by atoms with van der Waals surface area (Å²) >= 11 is 0. The number of para-hydroxylation sites is 4. The van der Waals surface area contributed by atoms with Crippen LogP contribution in [-0.4, -0.2) is 17.8 Å². The zero-order chi connectivity index (χ0) is 84.6. The zero-order valence-corrected chi connectivity index (χ0v) is 69.9. The molecule has 0 saturated heterocycles. The number of rotatable bonds is 5. The van der Waals surface area contributed by atoms with Gasteiger partial charge in [0.2, 0.25) is 0 Å². The van der Waals surface area contributed by atoms with Crippen molar-refractivity contribution in [3.63, 3.8) is 0 Å². The van der Waals surface area contributed by atoms with Crippen LogP contribution in [0.25, 0.3) is 318 Å². The third kappa shape index (κ3) is 8.37. The molecule has 0 fully saturated rings. The Morgan fingerprint density at radius 3 is 0.915 bits per heavy atom. The summed E-state index contributed by atoms with van der Waals surface area (Å²) in [4.78, 5) is 0. The summed E-state index contributed by atoms with van der Waals surface area (Å²) in [5.41, 5.74) is 33.0. The van der Waals surface area contributed by atoms with Gasteiger partial charge in [0.15, 0.2) is 33.5 Å². The van der Waals surface area contributed by atoms with Gasteiger partial charge in [-0.1, -0.05) is 203 Å². The van der Waals surface area contributed by atoms with Crippen LogP contribution in [0.2, 0.25) is 0 Å². The zero-order valence-electron chi connectivity index (χ0n) is 69.9. The summed E-state index contributed by atoms with van der Waals surface area (Å²) in [6, 6.07) is 121. The first kappa shape index (κ1) is 68.1. The van der Waals surface area contributed by atoms with E-state index in [0.29, 0.717) is 5.56 Å². The van der Waals surface area contributed by atoms with Gasteiger partial charge >= 0.3 is 0 Å². The maximum atomic E-state index is 10.0.